The van der Waals surface area contributed by atoms with Crippen molar-refractivity contribution in [2.75, 3.05) is 0 Å². The molecule has 0 saturated carbocycles. The Morgan fingerprint density at radius 2 is 1.91 bits per heavy atom. The van der Waals surface area contributed by atoms with Gasteiger partial charge in [-0.25, -0.2) is 0 Å². The molecule has 0 bridgehead atoms. The summed E-state index contributed by atoms with van der Waals surface area (Å²) in [7, 11) is 0. The second-order valence-corrected chi connectivity index (χ2v) is 3.15. The quantitative estimate of drug-likeness (QED) is 0.570. The van der Waals surface area contributed by atoms with E-state index in [9.17, 15) is 0 Å². The third kappa shape index (κ3) is 2.83. The highest BCUT2D eigenvalue weighted by atomic mass is 127. The highest BCUT2D eigenvalue weighted by molar-refractivity contribution is 14.1. The third-order valence-electron chi connectivity index (χ3n) is 1.39. The largest absolute Gasteiger partial charge is 0.122 e. The van der Waals surface area contributed by atoms with Crippen molar-refractivity contribution in [3.63, 3.8) is 0 Å². The molecule has 0 radical (unpaired) electrons. The fourth-order valence-corrected chi connectivity index (χ4v) is 1.38. The molecule has 1 aromatic carbocycles. The van der Waals surface area contributed by atoms with Crippen LogP contribution < -0.4 is 0 Å². The van der Waals surface area contributed by atoms with Gasteiger partial charge in [0.1, 0.15) is 0 Å². The molecule has 0 unspecified atom stereocenters. The standard InChI is InChI=1S/C9H8ClI/c10-7-9-3-1-8(2-4-9)5-6-11/h1-6H,7H2/b6-5-. The number of hydrogen-bond donors (Lipinski definition) is 0. The Balaban J connectivity index is 2.82. The average Bonchev–Trinajstić information content (AvgIpc) is 2.07. The predicted octanol–water partition coefficient (Wildman–Crippen LogP) is 3.83. The van der Waals surface area contributed by atoms with Crippen LogP contribution in [0.2, 0.25) is 0 Å². The lowest BCUT2D eigenvalue weighted by Crippen LogP contribution is -1.76. The Labute approximate surface area is 85.4 Å². The molecule has 58 valence electrons. The summed E-state index contributed by atoms with van der Waals surface area (Å²) in [6, 6.07) is 8.21. The Bertz CT molecular complexity index is 238. The van der Waals surface area contributed by atoms with Crippen molar-refractivity contribution in [3.8, 4) is 0 Å². The molecule has 2 heteroatoms. The average molecular weight is 279 g/mol. The van der Waals surface area contributed by atoms with Gasteiger partial charge in [-0.15, -0.1) is 11.6 Å². The van der Waals surface area contributed by atoms with Gasteiger partial charge < -0.3 is 0 Å². The van der Waals surface area contributed by atoms with Gasteiger partial charge in [0.25, 0.3) is 0 Å². The van der Waals surface area contributed by atoms with Crippen LogP contribution in [-0.2, 0) is 5.88 Å². The van der Waals surface area contributed by atoms with Crippen molar-refractivity contribution in [2.24, 2.45) is 0 Å². The van der Waals surface area contributed by atoms with E-state index in [1.807, 2.05) is 16.2 Å². The van der Waals surface area contributed by atoms with E-state index in [2.05, 4.69) is 40.8 Å². The van der Waals surface area contributed by atoms with Gasteiger partial charge in [-0.3, -0.25) is 0 Å². The number of halogens is 2. The van der Waals surface area contributed by atoms with Gasteiger partial charge in [0, 0.05) is 5.88 Å². The lowest BCUT2D eigenvalue weighted by Gasteiger charge is -1.94. The van der Waals surface area contributed by atoms with Crippen molar-refractivity contribution < 1.29 is 0 Å². The SMILES string of the molecule is ClCc1ccc(/C=C\I)cc1. The van der Waals surface area contributed by atoms with Gasteiger partial charge >= 0.3 is 0 Å². The minimum atomic E-state index is 0.591. The predicted molar refractivity (Wildman–Crippen MR) is 59.1 cm³/mol. The smallest absolute Gasteiger partial charge is 0.0474 e. The zero-order valence-electron chi connectivity index (χ0n) is 5.93. The van der Waals surface area contributed by atoms with Crippen LogP contribution in [0.15, 0.2) is 28.3 Å². The maximum absolute atomic E-state index is 5.64. The lowest BCUT2D eigenvalue weighted by atomic mass is 10.1. The summed E-state index contributed by atoms with van der Waals surface area (Å²) in [6.45, 7) is 0. The van der Waals surface area contributed by atoms with Gasteiger partial charge in [0.05, 0.1) is 0 Å². The summed E-state index contributed by atoms with van der Waals surface area (Å²) in [5.74, 6) is 0.591. The monoisotopic (exact) mass is 278 g/mol. The van der Waals surface area contributed by atoms with E-state index < -0.39 is 0 Å². The number of alkyl halides is 1. The van der Waals surface area contributed by atoms with Crippen molar-refractivity contribution in [2.45, 2.75) is 5.88 Å². The summed E-state index contributed by atoms with van der Waals surface area (Å²) in [5.41, 5.74) is 2.38. The van der Waals surface area contributed by atoms with Crippen LogP contribution in [0.4, 0.5) is 0 Å². The number of rotatable bonds is 2. The molecule has 0 spiro atoms. The third-order valence-corrected chi connectivity index (χ3v) is 2.06. The number of benzene rings is 1. The van der Waals surface area contributed by atoms with E-state index in [1.165, 1.54) is 5.56 Å². The van der Waals surface area contributed by atoms with Crippen LogP contribution in [-0.4, -0.2) is 0 Å². The molecule has 1 aromatic rings. The van der Waals surface area contributed by atoms with E-state index in [1.54, 1.807) is 0 Å². The van der Waals surface area contributed by atoms with Gasteiger partial charge in [0.2, 0.25) is 0 Å². The second kappa shape index (κ2) is 4.78. The van der Waals surface area contributed by atoms with E-state index in [4.69, 9.17) is 11.6 Å². The maximum Gasteiger partial charge on any atom is 0.0474 e. The molecule has 0 heterocycles. The summed E-state index contributed by atoms with van der Waals surface area (Å²) >= 11 is 7.84. The molecular formula is C9H8ClI. The maximum atomic E-state index is 5.64. The zero-order valence-corrected chi connectivity index (χ0v) is 8.84. The Morgan fingerprint density at radius 3 is 2.36 bits per heavy atom. The summed E-state index contributed by atoms with van der Waals surface area (Å²) < 4.78 is 1.99. The van der Waals surface area contributed by atoms with Crippen LogP contribution in [0.3, 0.4) is 0 Å². The highest BCUT2D eigenvalue weighted by Crippen LogP contribution is 2.08. The van der Waals surface area contributed by atoms with Gasteiger partial charge in [-0.2, -0.15) is 0 Å². The molecule has 1 rings (SSSR count). The van der Waals surface area contributed by atoms with E-state index in [0.29, 0.717) is 5.88 Å². The first-order valence-corrected chi connectivity index (χ1v) is 5.06. The van der Waals surface area contributed by atoms with E-state index in [-0.39, 0.29) is 0 Å². The molecule has 11 heavy (non-hydrogen) atoms. The Kier molecular flexibility index (Phi) is 3.94. The van der Waals surface area contributed by atoms with Crippen molar-refractivity contribution in [3.05, 3.63) is 39.5 Å². The molecule has 0 aliphatic rings. The van der Waals surface area contributed by atoms with E-state index >= 15 is 0 Å². The molecule has 0 N–H and O–H groups in total. The summed E-state index contributed by atoms with van der Waals surface area (Å²) in [5, 5.41) is 0. The molecule has 0 nitrogen and oxygen atoms in total. The van der Waals surface area contributed by atoms with Crippen LogP contribution in [0, 0.1) is 0 Å². The first-order valence-electron chi connectivity index (χ1n) is 3.28. The van der Waals surface area contributed by atoms with E-state index in [0.717, 1.165) is 5.56 Å². The molecule has 0 fully saturated rings. The van der Waals surface area contributed by atoms with Gasteiger partial charge in [-0.05, 0) is 21.3 Å². The zero-order chi connectivity index (χ0) is 8.10. The molecule has 0 aliphatic carbocycles. The molecular weight excluding hydrogens is 270 g/mol. The fourth-order valence-electron chi connectivity index (χ4n) is 0.791. The topological polar surface area (TPSA) is 0 Å². The van der Waals surface area contributed by atoms with Crippen molar-refractivity contribution in [1.82, 2.24) is 0 Å². The lowest BCUT2D eigenvalue weighted by molar-refractivity contribution is 1.40. The first kappa shape index (κ1) is 9.07. The fraction of sp³-hybridized carbons (Fsp3) is 0.111. The molecule has 0 amide bonds. The normalized spacial score (nSPS) is 10.7. The Morgan fingerprint density at radius 1 is 1.27 bits per heavy atom. The van der Waals surface area contributed by atoms with Crippen molar-refractivity contribution >= 4 is 40.3 Å². The summed E-state index contributed by atoms with van der Waals surface area (Å²) in [4.78, 5) is 0. The summed E-state index contributed by atoms with van der Waals surface area (Å²) in [6.07, 6.45) is 2.05. The van der Waals surface area contributed by atoms with Gasteiger partial charge in [0.15, 0.2) is 0 Å². The van der Waals surface area contributed by atoms with Crippen LogP contribution in [0.1, 0.15) is 11.1 Å². The second-order valence-electron chi connectivity index (χ2n) is 2.17. The molecule has 0 aromatic heterocycles. The highest BCUT2D eigenvalue weighted by Gasteiger charge is 1.88. The first-order chi connectivity index (χ1) is 5.36. The van der Waals surface area contributed by atoms with Gasteiger partial charge in [-0.1, -0.05) is 46.9 Å². The minimum Gasteiger partial charge on any atom is -0.122 e. The van der Waals surface area contributed by atoms with Crippen LogP contribution >= 0.6 is 34.2 Å². The minimum absolute atomic E-state index is 0.591. The number of hydrogen-bond acceptors (Lipinski definition) is 0. The van der Waals surface area contributed by atoms with Crippen molar-refractivity contribution in [1.29, 1.82) is 0 Å². The molecule has 0 atom stereocenters. The Hall–Kier alpha value is -0.0200. The molecule has 0 saturated heterocycles. The molecule has 0 aliphatic heterocycles. The van der Waals surface area contributed by atoms with Crippen LogP contribution in [0.25, 0.3) is 6.08 Å². The van der Waals surface area contributed by atoms with Crippen LogP contribution in [0.5, 0.6) is 0 Å².